The summed E-state index contributed by atoms with van der Waals surface area (Å²) in [7, 11) is 3.25. The van der Waals surface area contributed by atoms with Gasteiger partial charge < -0.3 is 19.9 Å². The fourth-order valence-corrected chi connectivity index (χ4v) is 2.80. The quantitative estimate of drug-likeness (QED) is 0.908. The van der Waals surface area contributed by atoms with E-state index < -0.39 is 6.10 Å². The van der Waals surface area contributed by atoms with Crippen molar-refractivity contribution in [3.63, 3.8) is 0 Å². The van der Waals surface area contributed by atoms with Gasteiger partial charge in [-0.05, 0) is 23.8 Å². The van der Waals surface area contributed by atoms with E-state index in [9.17, 15) is 5.11 Å². The average Bonchev–Trinajstić information content (AvgIpc) is 2.54. The monoisotopic (exact) mass is 285 g/mol. The molecule has 4 heteroatoms. The number of para-hydroxylation sites is 1. The maximum absolute atomic E-state index is 10.3. The maximum Gasteiger partial charge on any atom is 0.161 e. The van der Waals surface area contributed by atoms with Crippen molar-refractivity contribution in [3.05, 3.63) is 53.6 Å². The molecule has 0 fully saturated rings. The zero-order valence-corrected chi connectivity index (χ0v) is 12.2. The van der Waals surface area contributed by atoms with Crippen LogP contribution in [0.15, 0.2) is 42.5 Å². The predicted molar refractivity (Wildman–Crippen MR) is 81.9 cm³/mol. The van der Waals surface area contributed by atoms with Gasteiger partial charge in [0.25, 0.3) is 0 Å². The lowest BCUT2D eigenvalue weighted by atomic mass is 9.91. The second kappa shape index (κ2) is 5.66. The van der Waals surface area contributed by atoms with Crippen LogP contribution in [-0.2, 0) is 0 Å². The second-order valence-corrected chi connectivity index (χ2v) is 5.15. The molecule has 0 radical (unpaired) electrons. The van der Waals surface area contributed by atoms with E-state index in [0.717, 1.165) is 16.8 Å². The lowest BCUT2D eigenvalue weighted by molar-refractivity contribution is 0.156. The molecule has 2 aromatic carbocycles. The highest BCUT2D eigenvalue weighted by Crippen LogP contribution is 2.40. The van der Waals surface area contributed by atoms with Crippen LogP contribution in [0.1, 0.15) is 29.7 Å². The number of fused-ring (bicyclic) bond motifs is 1. The van der Waals surface area contributed by atoms with Crippen LogP contribution in [0.4, 0.5) is 5.69 Å². The average molecular weight is 285 g/mol. The van der Waals surface area contributed by atoms with E-state index in [2.05, 4.69) is 5.32 Å². The molecular weight excluding hydrogens is 266 g/mol. The summed E-state index contributed by atoms with van der Waals surface area (Å²) >= 11 is 0. The molecule has 0 aromatic heterocycles. The third-order valence-corrected chi connectivity index (χ3v) is 3.92. The summed E-state index contributed by atoms with van der Waals surface area (Å²) in [5.41, 5.74) is 3.01. The Morgan fingerprint density at radius 2 is 1.81 bits per heavy atom. The molecule has 2 aromatic rings. The van der Waals surface area contributed by atoms with Crippen LogP contribution in [0, 0.1) is 0 Å². The Kier molecular flexibility index (Phi) is 3.71. The van der Waals surface area contributed by atoms with Gasteiger partial charge in [0, 0.05) is 17.7 Å². The zero-order valence-electron chi connectivity index (χ0n) is 12.2. The first kappa shape index (κ1) is 13.8. The number of rotatable bonds is 3. The number of anilines is 1. The van der Waals surface area contributed by atoms with Crippen molar-refractivity contribution in [3.8, 4) is 11.5 Å². The molecule has 0 spiro atoms. The highest BCUT2D eigenvalue weighted by Gasteiger charge is 2.26. The molecule has 3 rings (SSSR count). The predicted octanol–water partition coefficient (Wildman–Crippen LogP) is 3.29. The molecule has 0 saturated heterocycles. The number of methoxy groups -OCH3 is 2. The van der Waals surface area contributed by atoms with Crippen LogP contribution in [-0.4, -0.2) is 19.3 Å². The van der Waals surface area contributed by atoms with Crippen LogP contribution in [0.3, 0.4) is 0 Å². The number of hydrogen-bond acceptors (Lipinski definition) is 4. The minimum atomic E-state index is -0.458. The molecule has 2 N–H and O–H groups in total. The van der Waals surface area contributed by atoms with E-state index >= 15 is 0 Å². The van der Waals surface area contributed by atoms with Crippen molar-refractivity contribution in [2.75, 3.05) is 19.5 Å². The van der Waals surface area contributed by atoms with Gasteiger partial charge in [0.1, 0.15) is 0 Å². The Morgan fingerprint density at radius 3 is 2.57 bits per heavy atom. The zero-order chi connectivity index (χ0) is 14.8. The summed E-state index contributed by atoms with van der Waals surface area (Å²) in [6, 6.07) is 13.8. The molecule has 0 saturated carbocycles. The first-order valence-electron chi connectivity index (χ1n) is 6.98. The van der Waals surface area contributed by atoms with E-state index in [0.29, 0.717) is 17.9 Å². The minimum Gasteiger partial charge on any atom is -0.493 e. The third-order valence-electron chi connectivity index (χ3n) is 3.92. The second-order valence-electron chi connectivity index (χ2n) is 5.15. The van der Waals surface area contributed by atoms with Gasteiger partial charge in [-0.3, -0.25) is 0 Å². The third kappa shape index (κ3) is 2.54. The lowest BCUT2D eigenvalue weighted by Crippen LogP contribution is -2.21. The van der Waals surface area contributed by atoms with Gasteiger partial charge in [0.15, 0.2) is 11.5 Å². The van der Waals surface area contributed by atoms with Gasteiger partial charge >= 0.3 is 0 Å². The first-order chi connectivity index (χ1) is 10.2. The van der Waals surface area contributed by atoms with Crippen LogP contribution in [0.2, 0.25) is 0 Å². The van der Waals surface area contributed by atoms with E-state index in [1.54, 1.807) is 14.2 Å². The Labute approximate surface area is 124 Å². The highest BCUT2D eigenvalue weighted by molar-refractivity contribution is 5.57. The summed E-state index contributed by atoms with van der Waals surface area (Å²) in [5.74, 6) is 1.41. The minimum absolute atomic E-state index is 0.0507. The van der Waals surface area contributed by atoms with Crippen LogP contribution in [0.5, 0.6) is 11.5 Å². The smallest absolute Gasteiger partial charge is 0.161 e. The standard InChI is InChI=1S/C17H19NO3/c1-20-16-8-7-11(9-17(16)21-2)14-10-15(19)12-5-3-4-6-13(12)18-14/h3-9,14-15,18-19H,10H2,1-2H3/t14-,15+/m1/s1. The Balaban J connectivity index is 1.92. The van der Waals surface area contributed by atoms with Gasteiger partial charge in [-0.15, -0.1) is 0 Å². The normalized spacial score (nSPS) is 20.3. The lowest BCUT2D eigenvalue weighted by Gasteiger charge is -2.31. The summed E-state index contributed by atoms with van der Waals surface area (Å²) in [5, 5.41) is 13.8. The number of ether oxygens (including phenoxy) is 2. The van der Waals surface area contributed by atoms with E-state index in [-0.39, 0.29) is 6.04 Å². The summed E-state index contributed by atoms with van der Waals surface area (Å²) in [6.45, 7) is 0. The van der Waals surface area contributed by atoms with Crippen molar-refractivity contribution < 1.29 is 14.6 Å². The van der Waals surface area contributed by atoms with Crippen LogP contribution in [0.25, 0.3) is 0 Å². The first-order valence-corrected chi connectivity index (χ1v) is 6.98. The molecular formula is C17H19NO3. The van der Waals surface area contributed by atoms with Gasteiger partial charge in [-0.1, -0.05) is 24.3 Å². The molecule has 1 aliphatic rings. The molecule has 2 atom stereocenters. The van der Waals surface area contributed by atoms with Gasteiger partial charge in [0.05, 0.1) is 26.4 Å². The summed E-state index contributed by atoms with van der Waals surface area (Å²) < 4.78 is 10.6. The number of aliphatic hydroxyl groups is 1. The van der Waals surface area contributed by atoms with E-state index in [1.807, 2.05) is 42.5 Å². The van der Waals surface area contributed by atoms with Crippen molar-refractivity contribution in [1.29, 1.82) is 0 Å². The Bertz CT molecular complexity index is 642. The number of nitrogens with one attached hydrogen (secondary N) is 1. The van der Waals surface area contributed by atoms with E-state index in [4.69, 9.17) is 9.47 Å². The number of benzene rings is 2. The van der Waals surface area contributed by atoms with Gasteiger partial charge in [-0.25, -0.2) is 0 Å². The summed E-state index contributed by atoms with van der Waals surface area (Å²) in [6.07, 6.45) is 0.174. The molecule has 4 nitrogen and oxygen atoms in total. The Hall–Kier alpha value is -2.20. The van der Waals surface area contributed by atoms with Crippen molar-refractivity contribution in [1.82, 2.24) is 0 Å². The molecule has 21 heavy (non-hydrogen) atoms. The largest absolute Gasteiger partial charge is 0.493 e. The number of aliphatic hydroxyl groups excluding tert-OH is 1. The molecule has 0 unspecified atom stereocenters. The number of hydrogen-bond donors (Lipinski definition) is 2. The van der Waals surface area contributed by atoms with Crippen molar-refractivity contribution in [2.45, 2.75) is 18.6 Å². The molecule has 1 heterocycles. The SMILES string of the molecule is COc1ccc([C@H]2C[C@H](O)c3ccccc3N2)cc1OC. The van der Waals surface area contributed by atoms with Crippen molar-refractivity contribution in [2.24, 2.45) is 0 Å². The molecule has 0 amide bonds. The molecule has 110 valence electrons. The molecule has 0 aliphatic carbocycles. The Morgan fingerprint density at radius 1 is 1.05 bits per heavy atom. The highest BCUT2D eigenvalue weighted by atomic mass is 16.5. The fraction of sp³-hybridized carbons (Fsp3) is 0.294. The van der Waals surface area contributed by atoms with Gasteiger partial charge in [0.2, 0.25) is 0 Å². The molecule has 0 bridgehead atoms. The maximum atomic E-state index is 10.3. The molecule has 1 aliphatic heterocycles. The topological polar surface area (TPSA) is 50.7 Å². The van der Waals surface area contributed by atoms with Crippen LogP contribution < -0.4 is 14.8 Å². The van der Waals surface area contributed by atoms with Crippen LogP contribution >= 0.6 is 0 Å². The van der Waals surface area contributed by atoms with Gasteiger partial charge in [-0.2, -0.15) is 0 Å². The summed E-state index contributed by atoms with van der Waals surface area (Å²) in [4.78, 5) is 0. The fourth-order valence-electron chi connectivity index (χ4n) is 2.80. The van der Waals surface area contributed by atoms with E-state index in [1.165, 1.54) is 0 Å². The van der Waals surface area contributed by atoms with Crippen molar-refractivity contribution >= 4 is 5.69 Å².